The summed E-state index contributed by atoms with van der Waals surface area (Å²) in [6, 6.07) is 10.00. The van der Waals surface area contributed by atoms with E-state index in [1.807, 2.05) is 31.3 Å². The smallest absolute Gasteiger partial charge is 0.165 e. The number of rotatable bonds is 8. The lowest BCUT2D eigenvalue weighted by atomic mass is 9.98. The molecule has 0 N–H and O–H groups in total. The van der Waals surface area contributed by atoms with Gasteiger partial charge in [-0.3, -0.25) is 4.79 Å². The molecule has 0 radical (unpaired) electrons. The van der Waals surface area contributed by atoms with Crippen LogP contribution in [-0.2, 0) is 4.74 Å². The number of ketones is 1. The zero-order chi connectivity index (χ0) is 21.6. The van der Waals surface area contributed by atoms with Gasteiger partial charge in [0, 0.05) is 43.4 Å². The number of hydrogen-bond donors (Lipinski definition) is 0. The maximum atomic E-state index is 12.4. The quantitative estimate of drug-likeness (QED) is 0.320. The van der Waals surface area contributed by atoms with E-state index < -0.39 is 0 Å². The van der Waals surface area contributed by atoms with Crippen LogP contribution in [0, 0.1) is 5.92 Å². The summed E-state index contributed by atoms with van der Waals surface area (Å²) in [4.78, 5) is 24.3. The summed E-state index contributed by atoms with van der Waals surface area (Å²) in [5.41, 5.74) is 2.67. The van der Waals surface area contributed by atoms with Crippen LogP contribution >= 0.6 is 11.3 Å². The van der Waals surface area contributed by atoms with Gasteiger partial charge in [-0.2, -0.15) is 0 Å². The fraction of sp³-hybridized carbons (Fsp3) is 0.480. The zero-order valence-corrected chi connectivity index (χ0v) is 19.3. The summed E-state index contributed by atoms with van der Waals surface area (Å²) in [5.74, 6) is 2.02. The Morgan fingerprint density at radius 2 is 2.10 bits per heavy atom. The van der Waals surface area contributed by atoms with Crippen molar-refractivity contribution in [3.8, 4) is 10.6 Å². The highest BCUT2D eigenvalue weighted by Gasteiger charge is 2.17. The van der Waals surface area contributed by atoms with E-state index in [0.29, 0.717) is 19.6 Å². The summed E-state index contributed by atoms with van der Waals surface area (Å²) >= 11 is 1.61. The summed E-state index contributed by atoms with van der Waals surface area (Å²) < 4.78 is 6.33. The van der Waals surface area contributed by atoms with Gasteiger partial charge in [-0.1, -0.05) is 13.3 Å². The van der Waals surface area contributed by atoms with Gasteiger partial charge >= 0.3 is 0 Å². The molecule has 0 bridgehead atoms. The predicted octanol–water partition coefficient (Wildman–Crippen LogP) is 5.98. The average molecular weight is 438 g/mol. The van der Waals surface area contributed by atoms with Crippen molar-refractivity contribution in [2.75, 3.05) is 31.2 Å². The van der Waals surface area contributed by atoms with Crippen LogP contribution in [0.2, 0.25) is 0 Å². The van der Waals surface area contributed by atoms with Gasteiger partial charge in [0.15, 0.2) is 5.78 Å². The normalized spacial score (nSPS) is 17.1. The second-order valence-corrected chi connectivity index (χ2v) is 9.20. The van der Waals surface area contributed by atoms with Gasteiger partial charge in [-0.15, -0.1) is 11.3 Å². The van der Waals surface area contributed by atoms with Crippen LogP contribution in [0.3, 0.4) is 0 Å². The van der Waals surface area contributed by atoms with Crippen LogP contribution in [0.5, 0.6) is 0 Å². The average Bonchev–Trinajstić information content (AvgIpc) is 3.08. The van der Waals surface area contributed by atoms with Crippen LogP contribution in [0.15, 0.2) is 36.5 Å². The number of fused-ring (bicyclic) bond motifs is 1. The molecule has 4 rings (SSSR count). The molecule has 1 aliphatic rings. The number of anilines is 1. The molecule has 1 saturated heterocycles. The number of aromatic nitrogens is 2. The second-order valence-electron chi connectivity index (χ2n) is 8.17. The maximum absolute atomic E-state index is 12.4. The number of ether oxygens (including phenoxy) is 1. The van der Waals surface area contributed by atoms with E-state index in [1.54, 1.807) is 11.3 Å². The predicted molar refractivity (Wildman–Crippen MR) is 128 cm³/mol. The first-order chi connectivity index (χ1) is 15.2. The minimum Gasteiger partial charge on any atom is -0.381 e. The van der Waals surface area contributed by atoms with Gasteiger partial charge in [-0.05, 0) is 62.4 Å². The zero-order valence-electron chi connectivity index (χ0n) is 18.5. The van der Waals surface area contributed by atoms with Crippen LogP contribution in [0.1, 0.15) is 56.3 Å². The van der Waals surface area contributed by atoms with Crippen LogP contribution in [0.4, 0.5) is 5.82 Å². The van der Waals surface area contributed by atoms with Crippen molar-refractivity contribution in [1.29, 1.82) is 0 Å². The third-order valence-corrected chi connectivity index (χ3v) is 7.20. The van der Waals surface area contributed by atoms with Gasteiger partial charge in [-0.25, -0.2) is 9.97 Å². The van der Waals surface area contributed by atoms with Gasteiger partial charge < -0.3 is 9.64 Å². The molecule has 1 aliphatic heterocycles. The third kappa shape index (κ3) is 5.31. The Hall–Kier alpha value is -2.31. The minimum absolute atomic E-state index is 0.110. The number of carbonyl (C=O) groups excluding carboxylic acids is 1. The lowest BCUT2D eigenvalue weighted by Gasteiger charge is -2.21. The van der Waals surface area contributed by atoms with Crippen LogP contribution < -0.4 is 4.90 Å². The van der Waals surface area contributed by atoms with E-state index in [4.69, 9.17) is 14.7 Å². The molecule has 0 saturated carbocycles. The van der Waals surface area contributed by atoms with Gasteiger partial charge in [0.2, 0.25) is 0 Å². The third-order valence-electron chi connectivity index (χ3n) is 6.13. The molecular weight excluding hydrogens is 406 g/mol. The molecule has 1 fully saturated rings. The highest BCUT2D eigenvalue weighted by atomic mass is 32.1. The fourth-order valence-corrected chi connectivity index (χ4v) is 5.17. The number of carbonyl (C=O) groups is 1. The van der Waals surface area contributed by atoms with E-state index in [-0.39, 0.29) is 5.78 Å². The number of Topliss-reactive ketones (excluding diaryl/α,β-unsaturated/α-hetero) is 1. The molecule has 164 valence electrons. The Kier molecular flexibility index (Phi) is 7.30. The summed E-state index contributed by atoms with van der Waals surface area (Å²) in [6.07, 6.45) is 7.44. The van der Waals surface area contributed by atoms with Crippen molar-refractivity contribution in [2.45, 2.75) is 46.0 Å². The van der Waals surface area contributed by atoms with Crippen molar-refractivity contribution in [2.24, 2.45) is 5.92 Å². The van der Waals surface area contributed by atoms with E-state index in [9.17, 15) is 4.79 Å². The van der Waals surface area contributed by atoms with E-state index in [0.717, 1.165) is 51.2 Å². The topological polar surface area (TPSA) is 55.3 Å². The maximum Gasteiger partial charge on any atom is 0.165 e. The van der Waals surface area contributed by atoms with Crippen molar-refractivity contribution >= 4 is 33.2 Å². The van der Waals surface area contributed by atoms with E-state index in [1.165, 1.54) is 25.7 Å². The van der Waals surface area contributed by atoms with E-state index >= 15 is 0 Å². The van der Waals surface area contributed by atoms with Crippen molar-refractivity contribution in [3.05, 3.63) is 42.1 Å². The molecule has 1 unspecified atom stereocenters. The largest absolute Gasteiger partial charge is 0.381 e. The monoisotopic (exact) mass is 437 g/mol. The standard InChI is InChI=1S/C25H31N3O2S/c1-3-18-6-5-13-28(14-11-18)24-10-8-20(17-26-24)25-27-21-9-7-19(16-23(21)31-25)22(29)12-15-30-4-2/h7-10,16-18H,3-6,11-15H2,1-2H3. The number of hydrogen-bond acceptors (Lipinski definition) is 6. The Morgan fingerprint density at radius 1 is 1.19 bits per heavy atom. The SMILES string of the molecule is CCOCCC(=O)c1ccc2nc(-c3ccc(N4CCCC(CC)CC4)nc3)sc2c1. The second kappa shape index (κ2) is 10.3. The molecule has 3 heterocycles. The number of pyridine rings is 1. The summed E-state index contributed by atoms with van der Waals surface area (Å²) in [7, 11) is 0. The molecule has 3 aromatic rings. The highest BCUT2D eigenvalue weighted by Crippen LogP contribution is 2.32. The van der Waals surface area contributed by atoms with Gasteiger partial charge in [0.05, 0.1) is 16.8 Å². The molecule has 2 aromatic heterocycles. The number of benzene rings is 1. The number of thiazole rings is 1. The Balaban J connectivity index is 1.47. The Bertz CT molecular complexity index is 1020. The van der Waals surface area contributed by atoms with Crippen molar-refractivity contribution < 1.29 is 9.53 Å². The summed E-state index contributed by atoms with van der Waals surface area (Å²) in [6.45, 7) is 7.51. The first-order valence-corrected chi connectivity index (χ1v) is 12.2. The van der Waals surface area contributed by atoms with Gasteiger partial charge in [0.1, 0.15) is 10.8 Å². The molecule has 1 atom stereocenters. The van der Waals surface area contributed by atoms with Crippen LogP contribution in [-0.4, -0.2) is 42.1 Å². The first-order valence-electron chi connectivity index (χ1n) is 11.4. The van der Waals surface area contributed by atoms with Gasteiger partial charge in [0.25, 0.3) is 0 Å². The summed E-state index contributed by atoms with van der Waals surface area (Å²) in [5, 5.41) is 0.940. The molecule has 5 nitrogen and oxygen atoms in total. The first kappa shape index (κ1) is 21.9. The Labute approximate surface area is 188 Å². The van der Waals surface area contributed by atoms with Crippen molar-refractivity contribution in [3.63, 3.8) is 0 Å². The molecular formula is C25H31N3O2S. The fourth-order valence-electron chi connectivity index (χ4n) is 4.18. The van der Waals surface area contributed by atoms with E-state index in [2.05, 4.69) is 24.0 Å². The molecule has 1 aromatic carbocycles. The lowest BCUT2D eigenvalue weighted by molar-refractivity contribution is 0.0896. The lowest BCUT2D eigenvalue weighted by Crippen LogP contribution is -2.25. The minimum atomic E-state index is 0.110. The molecule has 0 spiro atoms. The van der Waals surface area contributed by atoms with Crippen molar-refractivity contribution in [1.82, 2.24) is 9.97 Å². The molecule has 6 heteroatoms. The Morgan fingerprint density at radius 3 is 2.87 bits per heavy atom. The van der Waals surface area contributed by atoms with Crippen LogP contribution in [0.25, 0.3) is 20.8 Å². The number of nitrogens with zero attached hydrogens (tertiary/aromatic N) is 3. The molecule has 0 amide bonds. The molecule has 31 heavy (non-hydrogen) atoms. The highest BCUT2D eigenvalue weighted by molar-refractivity contribution is 7.21. The molecule has 0 aliphatic carbocycles.